The number of amides is 1. The summed E-state index contributed by atoms with van der Waals surface area (Å²) in [7, 11) is 5.66. The van der Waals surface area contributed by atoms with Gasteiger partial charge in [-0.3, -0.25) is 4.79 Å². The topological polar surface area (TPSA) is 59.8 Å². The van der Waals surface area contributed by atoms with Crippen molar-refractivity contribution in [2.75, 3.05) is 39.3 Å². The van der Waals surface area contributed by atoms with Crippen molar-refractivity contribution in [2.24, 2.45) is 0 Å². The third kappa shape index (κ3) is 5.37. The van der Waals surface area contributed by atoms with Crippen LogP contribution >= 0.6 is 0 Å². The van der Waals surface area contributed by atoms with E-state index < -0.39 is 0 Å². The molecule has 0 radical (unpaired) electrons. The maximum Gasteiger partial charge on any atom is 0.274 e. The lowest BCUT2D eigenvalue weighted by Gasteiger charge is -2.25. The molecule has 1 saturated heterocycles. The fourth-order valence-electron chi connectivity index (χ4n) is 4.09. The molecule has 1 aliphatic rings. The smallest absolute Gasteiger partial charge is 0.274 e. The Hall–Kier alpha value is -3.32. The molecule has 2 aromatic carbocycles. The SMILES string of the molecule is COc1ccc(C)cc1-n1ccc(C(=O)N(Cc2ccc(N(C)C)cc2)CC2CCCO2)n1. The van der Waals surface area contributed by atoms with Crippen LogP contribution in [0, 0.1) is 6.92 Å². The van der Waals surface area contributed by atoms with Crippen molar-refractivity contribution in [2.45, 2.75) is 32.4 Å². The molecule has 1 amide bonds. The second-order valence-corrected chi connectivity index (χ2v) is 8.70. The highest BCUT2D eigenvalue weighted by Gasteiger charge is 2.25. The molecule has 1 aliphatic heterocycles. The molecule has 0 aliphatic carbocycles. The number of hydrogen-bond donors (Lipinski definition) is 0. The molecule has 4 rings (SSSR count). The highest BCUT2D eigenvalue weighted by atomic mass is 16.5. The summed E-state index contributed by atoms with van der Waals surface area (Å²) in [5.74, 6) is 0.604. The third-order valence-corrected chi connectivity index (χ3v) is 5.95. The first-order chi connectivity index (χ1) is 15.9. The molecule has 1 aromatic heterocycles. The molecule has 174 valence electrons. The molecule has 3 aromatic rings. The van der Waals surface area contributed by atoms with Crippen LogP contribution in [-0.2, 0) is 11.3 Å². The van der Waals surface area contributed by atoms with E-state index in [1.54, 1.807) is 24.1 Å². The van der Waals surface area contributed by atoms with Gasteiger partial charge in [0.1, 0.15) is 11.4 Å². The molecule has 0 N–H and O–H groups in total. The van der Waals surface area contributed by atoms with Gasteiger partial charge < -0.3 is 19.3 Å². The average molecular weight is 449 g/mol. The lowest BCUT2D eigenvalue weighted by atomic mass is 10.1. The van der Waals surface area contributed by atoms with E-state index in [0.717, 1.165) is 42.0 Å². The average Bonchev–Trinajstić information content (AvgIpc) is 3.51. The molecule has 2 heterocycles. The van der Waals surface area contributed by atoms with E-state index in [1.165, 1.54) is 0 Å². The van der Waals surface area contributed by atoms with Gasteiger partial charge in [-0.2, -0.15) is 5.10 Å². The highest BCUT2D eigenvalue weighted by Crippen LogP contribution is 2.24. The van der Waals surface area contributed by atoms with Crippen molar-refractivity contribution in [3.63, 3.8) is 0 Å². The number of rotatable bonds is 8. The number of ether oxygens (including phenoxy) is 2. The Bertz CT molecular complexity index is 1090. The van der Waals surface area contributed by atoms with Gasteiger partial charge in [-0.25, -0.2) is 4.68 Å². The molecule has 0 bridgehead atoms. The monoisotopic (exact) mass is 448 g/mol. The van der Waals surface area contributed by atoms with Crippen LogP contribution < -0.4 is 9.64 Å². The predicted octanol–water partition coefficient (Wildman–Crippen LogP) is 4.08. The third-order valence-electron chi connectivity index (χ3n) is 5.95. The molecule has 33 heavy (non-hydrogen) atoms. The second kappa shape index (κ2) is 10.1. The number of nitrogens with zero attached hydrogens (tertiary/aromatic N) is 4. The summed E-state index contributed by atoms with van der Waals surface area (Å²) in [4.78, 5) is 17.4. The minimum atomic E-state index is -0.104. The lowest BCUT2D eigenvalue weighted by molar-refractivity contribution is 0.0502. The Kier molecular flexibility index (Phi) is 6.99. The zero-order valence-electron chi connectivity index (χ0n) is 19.8. The Morgan fingerprint density at radius 2 is 1.97 bits per heavy atom. The Labute approximate surface area is 195 Å². The number of anilines is 1. The summed E-state index contributed by atoms with van der Waals surface area (Å²) < 4.78 is 13.0. The summed E-state index contributed by atoms with van der Waals surface area (Å²) in [5.41, 5.74) is 4.51. The number of aromatic nitrogens is 2. The number of methoxy groups -OCH3 is 1. The first-order valence-electron chi connectivity index (χ1n) is 11.3. The van der Waals surface area contributed by atoms with E-state index in [-0.39, 0.29) is 12.0 Å². The zero-order valence-corrected chi connectivity index (χ0v) is 19.8. The van der Waals surface area contributed by atoms with E-state index in [4.69, 9.17) is 9.47 Å². The van der Waals surface area contributed by atoms with E-state index >= 15 is 0 Å². The van der Waals surface area contributed by atoms with Crippen LogP contribution in [0.4, 0.5) is 5.69 Å². The number of carbonyl (C=O) groups excluding carboxylic acids is 1. The highest BCUT2D eigenvalue weighted by molar-refractivity contribution is 5.92. The number of benzene rings is 2. The molecule has 7 nitrogen and oxygen atoms in total. The van der Waals surface area contributed by atoms with Gasteiger partial charge in [-0.05, 0) is 61.2 Å². The van der Waals surface area contributed by atoms with E-state index in [2.05, 4.69) is 34.3 Å². The standard InChI is InChI=1S/C26H32N4O3/c1-19-7-12-25(32-4)24(16-19)30-14-13-23(27-30)26(31)29(18-22-6-5-15-33-22)17-20-8-10-21(11-9-20)28(2)3/h7-14,16,22H,5-6,15,17-18H2,1-4H3. The molecular weight excluding hydrogens is 416 g/mol. The van der Waals surface area contributed by atoms with E-state index in [9.17, 15) is 4.79 Å². The summed E-state index contributed by atoms with van der Waals surface area (Å²) in [6.45, 7) is 3.83. The zero-order chi connectivity index (χ0) is 23.4. The van der Waals surface area contributed by atoms with Crippen LogP contribution in [0.5, 0.6) is 5.75 Å². The predicted molar refractivity (Wildman–Crippen MR) is 129 cm³/mol. The van der Waals surface area contributed by atoms with E-state index in [0.29, 0.717) is 24.5 Å². The van der Waals surface area contributed by atoms with Gasteiger partial charge in [-0.15, -0.1) is 0 Å². The van der Waals surface area contributed by atoms with Gasteiger partial charge in [0.2, 0.25) is 0 Å². The van der Waals surface area contributed by atoms with Crippen LogP contribution in [0.2, 0.25) is 0 Å². The molecule has 0 spiro atoms. The Morgan fingerprint density at radius 1 is 1.18 bits per heavy atom. The minimum absolute atomic E-state index is 0.0638. The molecule has 1 atom stereocenters. The van der Waals surface area contributed by atoms with Crippen LogP contribution in [0.15, 0.2) is 54.7 Å². The van der Waals surface area contributed by atoms with Gasteiger partial charge in [0.25, 0.3) is 5.91 Å². The van der Waals surface area contributed by atoms with Gasteiger partial charge in [0.15, 0.2) is 5.69 Å². The van der Waals surface area contributed by atoms with Gasteiger partial charge >= 0.3 is 0 Å². The maximum absolute atomic E-state index is 13.5. The molecule has 7 heteroatoms. The van der Waals surface area contributed by atoms with E-state index in [1.807, 2.05) is 44.1 Å². The summed E-state index contributed by atoms with van der Waals surface area (Å²) in [6, 6.07) is 15.9. The Balaban J connectivity index is 1.58. The quantitative estimate of drug-likeness (QED) is 0.520. The van der Waals surface area contributed by atoms with Gasteiger partial charge in [0, 0.05) is 45.7 Å². The molecule has 1 fully saturated rings. The second-order valence-electron chi connectivity index (χ2n) is 8.70. The van der Waals surface area contributed by atoms with Crippen LogP contribution in [-0.4, -0.2) is 61.0 Å². The van der Waals surface area contributed by atoms with Crippen molar-refractivity contribution in [3.8, 4) is 11.4 Å². The van der Waals surface area contributed by atoms with Crippen molar-refractivity contribution in [1.82, 2.24) is 14.7 Å². The van der Waals surface area contributed by atoms with Crippen molar-refractivity contribution >= 4 is 11.6 Å². The largest absolute Gasteiger partial charge is 0.494 e. The fourth-order valence-corrected chi connectivity index (χ4v) is 4.09. The lowest BCUT2D eigenvalue weighted by Crippen LogP contribution is -2.37. The van der Waals surface area contributed by atoms with Crippen molar-refractivity contribution in [1.29, 1.82) is 0 Å². The normalized spacial score (nSPS) is 15.5. The molecular formula is C26H32N4O3. The number of carbonyl (C=O) groups is 1. The van der Waals surface area contributed by atoms with Crippen LogP contribution in [0.3, 0.4) is 0 Å². The number of aryl methyl sites for hydroxylation is 1. The van der Waals surface area contributed by atoms with Crippen molar-refractivity contribution in [3.05, 3.63) is 71.5 Å². The number of hydrogen-bond acceptors (Lipinski definition) is 5. The fraction of sp³-hybridized carbons (Fsp3) is 0.385. The maximum atomic E-state index is 13.5. The Morgan fingerprint density at radius 3 is 2.64 bits per heavy atom. The summed E-state index contributed by atoms with van der Waals surface area (Å²) in [6.07, 6.45) is 3.87. The van der Waals surface area contributed by atoms with Crippen LogP contribution in [0.1, 0.15) is 34.5 Å². The van der Waals surface area contributed by atoms with Gasteiger partial charge in [0.05, 0.1) is 13.2 Å². The van der Waals surface area contributed by atoms with Crippen LogP contribution in [0.25, 0.3) is 5.69 Å². The molecule has 1 unspecified atom stereocenters. The first kappa shape index (κ1) is 22.9. The molecule has 0 saturated carbocycles. The van der Waals surface area contributed by atoms with Gasteiger partial charge in [-0.1, -0.05) is 18.2 Å². The summed E-state index contributed by atoms with van der Waals surface area (Å²) in [5, 5.41) is 4.60. The summed E-state index contributed by atoms with van der Waals surface area (Å²) >= 11 is 0. The first-order valence-corrected chi connectivity index (χ1v) is 11.3. The van der Waals surface area contributed by atoms with Crippen molar-refractivity contribution < 1.29 is 14.3 Å². The minimum Gasteiger partial charge on any atom is -0.494 e.